The summed E-state index contributed by atoms with van der Waals surface area (Å²) >= 11 is 6.08. The van der Waals surface area contributed by atoms with Gasteiger partial charge in [0.15, 0.2) is 5.82 Å². The fourth-order valence-electron chi connectivity index (χ4n) is 5.23. The average Bonchev–Trinajstić information content (AvgIpc) is 3.30. The van der Waals surface area contributed by atoms with Gasteiger partial charge >= 0.3 is 0 Å². The Bertz CT molecular complexity index is 1580. The lowest BCUT2D eigenvalue weighted by Gasteiger charge is -2.12. The van der Waals surface area contributed by atoms with Crippen molar-refractivity contribution in [2.24, 2.45) is 0 Å². The van der Waals surface area contributed by atoms with Crippen molar-refractivity contribution in [3.63, 3.8) is 0 Å². The molecule has 0 saturated carbocycles. The fraction of sp³-hybridized carbons (Fsp3) is 0.226. The number of thiocarbonyl (C=S) groups is 1. The molecule has 0 saturated heterocycles. The molecule has 0 bridgehead atoms. The predicted octanol–water partition coefficient (Wildman–Crippen LogP) is 7.12. The highest BCUT2D eigenvalue weighted by atomic mass is 32.1. The van der Waals surface area contributed by atoms with E-state index >= 15 is 0 Å². The van der Waals surface area contributed by atoms with Gasteiger partial charge in [0.05, 0.1) is 0 Å². The molecule has 2 aromatic heterocycles. The minimum Gasteiger partial charge on any atom is -0.486 e. The van der Waals surface area contributed by atoms with Gasteiger partial charge in [-0.3, -0.25) is 0 Å². The average molecular weight is 507 g/mol. The number of nitrogens with one attached hydrogen (secondary N) is 1. The van der Waals surface area contributed by atoms with Crippen molar-refractivity contribution in [3.05, 3.63) is 107 Å². The molecule has 6 heteroatoms. The highest BCUT2D eigenvalue weighted by Crippen LogP contribution is 2.37. The van der Waals surface area contributed by atoms with Crippen LogP contribution in [-0.2, 0) is 19.6 Å². The SMILES string of the molecule is Cc1ccc(-c2c3c4n(c(COc5ccccc5)nn4c2C(=S)Nc2cccc(C)c2)CCCC3)cc1. The Labute approximate surface area is 222 Å². The van der Waals surface area contributed by atoms with Gasteiger partial charge < -0.3 is 14.6 Å². The number of ether oxygens (including phenoxy) is 1. The zero-order valence-corrected chi connectivity index (χ0v) is 22.0. The number of para-hydroxylation sites is 1. The van der Waals surface area contributed by atoms with Gasteiger partial charge in [-0.1, -0.05) is 72.4 Å². The van der Waals surface area contributed by atoms with E-state index in [0.29, 0.717) is 11.6 Å². The van der Waals surface area contributed by atoms with E-state index in [0.717, 1.165) is 54.4 Å². The van der Waals surface area contributed by atoms with Gasteiger partial charge in [-0.15, -0.1) is 5.10 Å². The van der Waals surface area contributed by atoms with E-state index in [1.165, 1.54) is 27.8 Å². The standard InChI is InChI=1S/C31H30N4OS/c1-21-14-16-23(17-15-21)28-26-13-6-7-18-34-27(20-36-25-11-4-3-5-12-25)33-35(31(26)34)29(28)30(37)32-24-10-8-9-22(2)19-24/h3-5,8-12,14-17,19H,6-7,13,18,20H2,1-2H3,(H,32,37). The number of rotatable bonds is 6. The van der Waals surface area contributed by atoms with E-state index in [2.05, 4.69) is 70.7 Å². The van der Waals surface area contributed by atoms with E-state index in [-0.39, 0.29) is 0 Å². The molecule has 186 valence electrons. The molecule has 3 heterocycles. The number of aryl methyl sites for hydroxylation is 4. The van der Waals surface area contributed by atoms with Crippen molar-refractivity contribution in [1.82, 2.24) is 14.2 Å². The normalized spacial score (nSPS) is 12.9. The van der Waals surface area contributed by atoms with Gasteiger partial charge in [-0.05, 0) is 68.5 Å². The van der Waals surface area contributed by atoms with E-state index < -0.39 is 0 Å². The topological polar surface area (TPSA) is 43.5 Å². The molecule has 5 nitrogen and oxygen atoms in total. The molecule has 6 rings (SSSR count). The molecular weight excluding hydrogens is 476 g/mol. The maximum atomic E-state index is 6.13. The first-order valence-electron chi connectivity index (χ1n) is 12.8. The second-order valence-corrected chi connectivity index (χ2v) is 10.2. The Morgan fingerprint density at radius 3 is 2.54 bits per heavy atom. The number of aromatic nitrogens is 3. The molecular formula is C31H30N4OS. The smallest absolute Gasteiger partial charge is 0.169 e. The minimum atomic E-state index is 0.405. The van der Waals surface area contributed by atoms with E-state index in [4.69, 9.17) is 22.1 Å². The third-order valence-corrected chi connectivity index (χ3v) is 7.30. The number of benzene rings is 3. The lowest BCUT2D eigenvalue weighted by atomic mass is 9.97. The first kappa shape index (κ1) is 23.5. The summed E-state index contributed by atoms with van der Waals surface area (Å²) in [6, 6.07) is 27.0. The summed E-state index contributed by atoms with van der Waals surface area (Å²) in [5.74, 6) is 1.76. The van der Waals surface area contributed by atoms with Crippen LogP contribution in [0.3, 0.4) is 0 Å². The van der Waals surface area contributed by atoms with Crippen molar-refractivity contribution >= 4 is 28.5 Å². The maximum Gasteiger partial charge on any atom is 0.169 e. The Hall–Kier alpha value is -3.90. The van der Waals surface area contributed by atoms with Crippen LogP contribution in [0.15, 0.2) is 78.9 Å². The van der Waals surface area contributed by atoms with Gasteiger partial charge in [0.1, 0.15) is 28.7 Å². The molecule has 0 spiro atoms. The molecule has 0 amide bonds. The number of nitrogens with zero attached hydrogens (tertiary/aromatic N) is 3. The lowest BCUT2D eigenvalue weighted by molar-refractivity contribution is 0.288. The monoisotopic (exact) mass is 506 g/mol. The number of anilines is 1. The van der Waals surface area contributed by atoms with Crippen LogP contribution in [0.25, 0.3) is 16.8 Å². The Morgan fingerprint density at radius 2 is 1.76 bits per heavy atom. The minimum absolute atomic E-state index is 0.405. The van der Waals surface area contributed by atoms with E-state index in [1.54, 1.807) is 0 Å². The molecule has 0 atom stereocenters. The van der Waals surface area contributed by atoms with Crippen LogP contribution in [0.1, 0.15) is 41.1 Å². The summed E-state index contributed by atoms with van der Waals surface area (Å²) in [6.45, 7) is 5.53. The molecule has 3 aromatic carbocycles. The van der Waals surface area contributed by atoms with Crippen molar-refractivity contribution in [2.75, 3.05) is 5.32 Å². The first-order valence-corrected chi connectivity index (χ1v) is 13.2. The fourth-order valence-corrected chi connectivity index (χ4v) is 5.54. The van der Waals surface area contributed by atoms with E-state index in [9.17, 15) is 0 Å². The summed E-state index contributed by atoms with van der Waals surface area (Å²) in [7, 11) is 0. The third-order valence-electron chi connectivity index (χ3n) is 7.00. The van der Waals surface area contributed by atoms with Crippen molar-refractivity contribution in [2.45, 2.75) is 46.3 Å². The lowest BCUT2D eigenvalue weighted by Crippen LogP contribution is -2.15. The van der Waals surface area contributed by atoms with Crippen molar-refractivity contribution in [3.8, 4) is 16.9 Å². The zero-order chi connectivity index (χ0) is 25.4. The molecule has 5 aromatic rings. The summed E-state index contributed by atoms with van der Waals surface area (Å²) in [5, 5.41) is 8.61. The molecule has 1 aliphatic heterocycles. The van der Waals surface area contributed by atoms with Gasteiger partial charge in [0, 0.05) is 23.4 Å². The number of hydrogen-bond donors (Lipinski definition) is 1. The van der Waals surface area contributed by atoms with E-state index in [1.807, 2.05) is 36.4 Å². The highest BCUT2D eigenvalue weighted by molar-refractivity contribution is 7.81. The Kier molecular flexibility index (Phi) is 6.26. The summed E-state index contributed by atoms with van der Waals surface area (Å²) < 4.78 is 10.5. The van der Waals surface area contributed by atoms with Crippen LogP contribution in [-0.4, -0.2) is 19.2 Å². The third kappa shape index (κ3) is 4.53. The molecule has 0 fully saturated rings. The first-order chi connectivity index (χ1) is 18.1. The summed E-state index contributed by atoms with van der Waals surface area (Å²) in [4.78, 5) is 0.670. The second-order valence-electron chi connectivity index (χ2n) is 9.75. The molecule has 0 unspecified atom stereocenters. The van der Waals surface area contributed by atoms with Gasteiger partial charge in [0.25, 0.3) is 0 Å². The largest absolute Gasteiger partial charge is 0.486 e. The van der Waals surface area contributed by atoms with Gasteiger partial charge in [-0.25, -0.2) is 4.52 Å². The summed E-state index contributed by atoms with van der Waals surface area (Å²) in [5.41, 5.74) is 9.13. The molecule has 1 aliphatic rings. The summed E-state index contributed by atoms with van der Waals surface area (Å²) in [6.07, 6.45) is 3.22. The van der Waals surface area contributed by atoms with Gasteiger partial charge in [-0.2, -0.15) is 0 Å². The highest BCUT2D eigenvalue weighted by Gasteiger charge is 2.29. The van der Waals surface area contributed by atoms with Crippen molar-refractivity contribution in [1.29, 1.82) is 0 Å². The second kappa shape index (κ2) is 9.87. The quantitative estimate of drug-likeness (QED) is 0.249. The predicted molar refractivity (Wildman–Crippen MR) is 154 cm³/mol. The molecule has 0 aliphatic carbocycles. The number of hydrogen-bond acceptors (Lipinski definition) is 3. The molecule has 1 N–H and O–H groups in total. The molecule has 0 radical (unpaired) electrons. The Morgan fingerprint density at radius 1 is 0.946 bits per heavy atom. The van der Waals surface area contributed by atoms with Crippen LogP contribution >= 0.6 is 12.2 Å². The van der Waals surface area contributed by atoms with Crippen LogP contribution in [0.2, 0.25) is 0 Å². The van der Waals surface area contributed by atoms with Crippen LogP contribution < -0.4 is 10.1 Å². The van der Waals surface area contributed by atoms with Crippen molar-refractivity contribution < 1.29 is 4.74 Å². The van der Waals surface area contributed by atoms with Gasteiger partial charge in [0.2, 0.25) is 0 Å². The molecule has 37 heavy (non-hydrogen) atoms. The van der Waals surface area contributed by atoms with Crippen LogP contribution in [0, 0.1) is 13.8 Å². The van der Waals surface area contributed by atoms with Crippen LogP contribution in [0.5, 0.6) is 5.75 Å². The maximum absolute atomic E-state index is 6.13. The zero-order valence-electron chi connectivity index (χ0n) is 21.2. The Balaban J connectivity index is 1.50. The van der Waals surface area contributed by atoms with Crippen LogP contribution in [0.4, 0.5) is 5.69 Å².